The molecule has 0 spiro atoms. The summed E-state index contributed by atoms with van der Waals surface area (Å²) in [7, 11) is 1.59. The number of piperidine rings is 1. The zero-order valence-electron chi connectivity index (χ0n) is 22.4. The molecule has 2 heterocycles. The number of rotatable bonds is 9. The maximum atomic E-state index is 13.8. The minimum absolute atomic E-state index is 0. The second-order valence-electron chi connectivity index (χ2n) is 10.5. The number of ether oxygens (including phenoxy) is 1. The van der Waals surface area contributed by atoms with Gasteiger partial charge >= 0.3 is 0 Å². The Morgan fingerprint density at radius 1 is 1.15 bits per heavy atom. The maximum Gasteiger partial charge on any atom is 0.256 e. The molecule has 0 aromatic heterocycles. The summed E-state index contributed by atoms with van der Waals surface area (Å²) in [5, 5.41) is 8.51. The minimum atomic E-state index is -1.20. The van der Waals surface area contributed by atoms with E-state index in [-0.39, 0.29) is 56.2 Å². The lowest BCUT2D eigenvalue weighted by atomic mass is 9.73. The van der Waals surface area contributed by atoms with Crippen LogP contribution in [0.3, 0.4) is 0 Å². The van der Waals surface area contributed by atoms with E-state index in [1.807, 2.05) is 30.3 Å². The van der Waals surface area contributed by atoms with E-state index >= 15 is 0 Å². The highest BCUT2D eigenvalue weighted by Gasteiger charge is 2.54. The van der Waals surface area contributed by atoms with Crippen molar-refractivity contribution in [3.8, 4) is 0 Å². The second kappa shape index (κ2) is 12.2. The molecule has 11 heteroatoms. The van der Waals surface area contributed by atoms with Crippen molar-refractivity contribution in [3.05, 3.63) is 71.5 Å². The van der Waals surface area contributed by atoms with Crippen LogP contribution in [0, 0.1) is 11.2 Å². The number of halogens is 2. The third-order valence-corrected chi connectivity index (χ3v) is 6.92. The van der Waals surface area contributed by atoms with Crippen molar-refractivity contribution < 1.29 is 23.5 Å². The number of carbonyl (C=O) groups is 3. The van der Waals surface area contributed by atoms with Gasteiger partial charge in [0.05, 0.1) is 24.5 Å². The first-order chi connectivity index (χ1) is 18.0. The van der Waals surface area contributed by atoms with E-state index in [0.717, 1.165) is 11.1 Å². The Hall–Kier alpha value is -3.34. The number of benzene rings is 2. The normalized spacial score (nSPS) is 19.6. The highest BCUT2D eigenvalue weighted by Crippen LogP contribution is 2.38. The van der Waals surface area contributed by atoms with Crippen LogP contribution in [0.1, 0.15) is 31.4 Å². The van der Waals surface area contributed by atoms with Gasteiger partial charge in [-0.05, 0) is 43.5 Å². The summed E-state index contributed by atoms with van der Waals surface area (Å²) < 4.78 is 19.3. The number of hydrazone groups is 1. The zero-order valence-corrected chi connectivity index (χ0v) is 23.2. The van der Waals surface area contributed by atoms with Crippen LogP contribution < -0.4 is 11.1 Å². The molecule has 210 valence electrons. The van der Waals surface area contributed by atoms with Gasteiger partial charge in [0.2, 0.25) is 11.8 Å². The van der Waals surface area contributed by atoms with Crippen LogP contribution >= 0.6 is 12.4 Å². The molecule has 2 aliphatic rings. The van der Waals surface area contributed by atoms with Crippen LogP contribution in [-0.4, -0.2) is 71.7 Å². The Balaban J connectivity index is 0.00000420. The Morgan fingerprint density at radius 2 is 1.82 bits per heavy atom. The SMILES string of the molecule is CN1N=C2CCN(C(=O)C(COCc3ccccc3)NC(=O)C(C)(C)N)CC2(Cc2ccc(F)cc2)C1=O.Cl. The third-order valence-electron chi connectivity index (χ3n) is 6.92. The molecule has 0 radical (unpaired) electrons. The molecule has 3 N–H and O–H groups in total. The molecule has 2 aromatic carbocycles. The molecule has 2 unspecified atom stereocenters. The number of likely N-dealkylation sites (tertiary alicyclic amines) is 1. The highest BCUT2D eigenvalue weighted by molar-refractivity contribution is 6.13. The topological polar surface area (TPSA) is 117 Å². The van der Waals surface area contributed by atoms with Crippen LogP contribution in [-0.2, 0) is 32.1 Å². The number of fused-ring (bicyclic) bond motifs is 1. The summed E-state index contributed by atoms with van der Waals surface area (Å²) in [4.78, 5) is 41.5. The smallest absolute Gasteiger partial charge is 0.256 e. The van der Waals surface area contributed by atoms with Gasteiger partial charge in [0.25, 0.3) is 5.91 Å². The van der Waals surface area contributed by atoms with Crippen molar-refractivity contribution in [2.24, 2.45) is 16.3 Å². The molecular weight excluding hydrogens is 525 g/mol. The van der Waals surface area contributed by atoms with E-state index in [9.17, 15) is 18.8 Å². The van der Waals surface area contributed by atoms with Gasteiger partial charge in [0, 0.05) is 26.6 Å². The van der Waals surface area contributed by atoms with E-state index in [0.29, 0.717) is 18.7 Å². The summed E-state index contributed by atoms with van der Waals surface area (Å²) in [5.41, 5.74) is 6.10. The van der Waals surface area contributed by atoms with Crippen molar-refractivity contribution in [3.63, 3.8) is 0 Å². The van der Waals surface area contributed by atoms with E-state index in [1.165, 1.54) is 17.1 Å². The van der Waals surface area contributed by atoms with Gasteiger partial charge in [0.1, 0.15) is 17.3 Å². The fourth-order valence-corrected chi connectivity index (χ4v) is 4.83. The van der Waals surface area contributed by atoms with Gasteiger partial charge in [-0.1, -0.05) is 42.5 Å². The minimum Gasteiger partial charge on any atom is -0.374 e. The molecule has 3 amide bonds. The molecule has 2 aliphatic heterocycles. The molecule has 0 saturated carbocycles. The molecule has 39 heavy (non-hydrogen) atoms. The monoisotopic (exact) mass is 559 g/mol. The quantitative estimate of drug-likeness (QED) is 0.489. The third kappa shape index (κ3) is 6.81. The fraction of sp³-hybridized carbons (Fsp3) is 0.429. The molecule has 1 saturated heterocycles. The molecule has 1 fully saturated rings. The number of amides is 3. The predicted molar refractivity (Wildman–Crippen MR) is 147 cm³/mol. The van der Waals surface area contributed by atoms with E-state index < -0.39 is 22.9 Å². The Labute approximate surface area is 234 Å². The lowest BCUT2D eigenvalue weighted by Gasteiger charge is -2.40. The number of nitrogens with zero attached hydrogens (tertiary/aromatic N) is 3. The lowest BCUT2D eigenvalue weighted by molar-refractivity contribution is -0.143. The molecule has 9 nitrogen and oxygen atoms in total. The Kier molecular flexibility index (Phi) is 9.47. The maximum absolute atomic E-state index is 13.8. The summed E-state index contributed by atoms with van der Waals surface area (Å²) in [5.74, 6) is -1.45. The van der Waals surface area contributed by atoms with Gasteiger partial charge in [-0.3, -0.25) is 14.4 Å². The summed E-state index contributed by atoms with van der Waals surface area (Å²) in [6, 6.07) is 14.5. The summed E-state index contributed by atoms with van der Waals surface area (Å²) in [6.45, 7) is 3.74. The van der Waals surface area contributed by atoms with Crippen LogP contribution in [0.4, 0.5) is 4.39 Å². The number of hydrogen-bond donors (Lipinski definition) is 2. The van der Waals surface area contributed by atoms with Crippen LogP contribution in [0.15, 0.2) is 59.7 Å². The zero-order chi connectivity index (χ0) is 27.5. The van der Waals surface area contributed by atoms with Crippen molar-refractivity contribution in [1.29, 1.82) is 0 Å². The van der Waals surface area contributed by atoms with E-state index in [4.69, 9.17) is 10.5 Å². The van der Waals surface area contributed by atoms with Gasteiger partial charge in [0.15, 0.2) is 0 Å². The first-order valence-electron chi connectivity index (χ1n) is 12.6. The average molecular weight is 560 g/mol. The average Bonchev–Trinajstić information content (AvgIpc) is 3.13. The van der Waals surface area contributed by atoms with Crippen LogP contribution in [0.2, 0.25) is 0 Å². The van der Waals surface area contributed by atoms with E-state index in [1.54, 1.807) is 37.9 Å². The molecular formula is C28H35ClFN5O4. The standard InChI is InChI=1S/C28H34FN5O4.ClH/c1-27(2,30)25(36)31-22(17-38-16-20-7-5-4-6-8-20)24(35)34-14-13-23-28(18-34,26(37)33(3)32-23)15-19-9-11-21(29)12-10-19;/h4-12,22H,13-18,30H2,1-3H3,(H,31,36);1H. The predicted octanol–water partition coefficient (Wildman–Crippen LogP) is 2.28. The number of hydrogen-bond acceptors (Lipinski definition) is 6. The van der Waals surface area contributed by atoms with Crippen LogP contribution in [0.25, 0.3) is 0 Å². The van der Waals surface area contributed by atoms with Crippen molar-refractivity contribution in [1.82, 2.24) is 15.2 Å². The van der Waals surface area contributed by atoms with Crippen molar-refractivity contribution >= 4 is 35.8 Å². The lowest BCUT2D eigenvalue weighted by Crippen LogP contribution is -2.61. The molecule has 0 bridgehead atoms. The molecule has 4 rings (SSSR count). The largest absolute Gasteiger partial charge is 0.374 e. The van der Waals surface area contributed by atoms with Gasteiger partial charge < -0.3 is 20.7 Å². The highest BCUT2D eigenvalue weighted by atomic mass is 35.5. The van der Waals surface area contributed by atoms with Gasteiger partial charge in [-0.2, -0.15) is 5.10 Å². The fourth-order valence-electron chi connectivity index (χ4n) is 4.83. The van der Waals surface area contributed by atoms with Crippen molar-refractivity contribution in [2.45, 2.75) is 44.9 Å². The van der Waals surface area contributed by atoms with Gasteiger partial charge in [-0.15, -0.1) is 12.4 Å². The summed E-state index contributed by atoms with van der Waals surface area (Å²) >= 11 is 0. The Bertz CT molecular complexity index is 1220. The molecule has 2 aromatic rings. The number of nitrogens with one attached hydrogen (secondary N) is 1. The first kappa shape index (κ1) is 30.2. The van der Waals surface area contributed by atoms with Crippen LogP contribution in [0.5, 0.6) is 0 Å². The van der Waals surface area contributed by atoms with Crippen molar-refractivity contribution in [2.75, 3.05) is 26.7 Å². The second-order valence-corrected chi connectivity index (χ2v) is 10.5. The molecule has 0 aliphatic carbocycles. The van der Waals surface area contributed by atoms with Gasteiger partial charge in [-0.25, -0.2) is 9.40 Å². The molecule has 2 atom stereocenters. The number of carbonyl (C=O) groups excluding carboxylic acids is 3. The summed E-state index contributed by atoms with van der Waals surface area (Å²) in [6.07, 6.45) is 0.674. The number of nitrogens with two attached hydrogens (primary N) is 1. The Morgan fingerprint density at radius 3 is 2.46 bits per heavy atom. The first-order valence-corrected chi connectivity index (χ1v) is 12.6. The van der Waals surface area contributed by atoms with E-state index in [2.05, 4.69) is 10.4 Å².